The van der Waals surface area contributed by atoms with Crippen LogP contribution in [0.4, 0.5) is 0 Å². The summed E-state index contributed by atoms with van der Waals surface area (Å²) in [5.74, 6) is 0.856. The molecule has 3 fully saturated rings. The van der Waals surface area contributed by atoms with Crippen molar-refractivity contribution < 1.29 is 14.3 Å². The largest absolute Gasteiger partial charge is 0.362 e. The molecule has 1 N–H and O–H groups in total. The summed E-state index contributed by atoms with van der Waals surface area (Å²) in [6, 6.07) is 1.88. The van der Waals surface area contributed by atoms with Crippen LogP contribution in [-0.2, 0) is 9.53 Å². The van der Waals surface area contributed by atoms with Crippen LogP contribution in [0.2, 0.25) is 0 Å². The van der Waals surface area contributed by atoms with Gasteiger partial charge in [0.15, 0.2) is 0 Å². The lowest BCUT2D eigenvalue weighted by Gasteiger charge is -2.39. The smallest absolute Gasteiger partial charge is 0.254 e. The van der Waals surface area contributed by atoms with E-state index >= 15 is 0 Å². The van der Waals surface area contributed by atoms with Gasteiger partial charge in [-0.25, -0.2) is 0 Å². The molecule has 3 aliphatic rings. The Morgan fingerprint density at radius 3 is 2.71 bits per heavy atom. The first-order chi connectivity index (χ1) is 11.7. The van der Waals surface area contributed by atoms with Gasteiger partial charge in [-0.3, -0.25) is 9.59 Å². The van der Waals surface area contributed by atoms with Crippen molar-refractivity contribution in [3.05, 3.63) is 22.4 Å². The molecule has 0 unspecified atom stereocenters. The molecule has 130 valence electrons. The van der Waals surface area contributed by atoms with Gasteiger partial charge in [-0.2, -0.15) is 11.3 Å². The molecule has 5 nitrogen and oxygen atoms in total. The number of hydrogen-bond donors (Lipinski definition) is 1. The van der Waals surface area contributed by atoms with Crippen LogP contribution < -0.4 is 5.32 Å². The van der Waals surface area contributed by atoms with Gasteiger partial charge in [0, 0.05) is 25.0 Å². The predicted octanol–water partition coefficient (Wildman–Crippen LogP) is 2.43. The van der Waals surface area contributed by atoms with Crippen molar-refractivity contribution in [2.24, 2.45) is 5.92 Å². The van der Waals surface area contributed by atoms with Crippen molar-refractivity contribution in [1.82, 2.24) is 10.2 Å². The molecule has 1 aliphatic carbocycles. The van der Waals surface area contributed by atoms with E-state index in [9.17, 15) is 9.59 Å². The number of nitrogens with zero attached hydrogens (tertiary/aromatic N) is 1. The molecule has 2 aliphatic heterocycles. The van der Waals surface area contributed by atoms with Gasteiger partial charge >= 0.3 is 0 Å². The summed E-state index contributed by atoms with van der Waals surface area (Å²) in [4.78, 5) is 26.6. The maximum absolute atomic E-state index is 12.4. The van der Waals surface area contributed by atoms with E-state index in [4.69, 9.17) is 4.74 Å². The third-order valence-corrected chi connectivity index (χ3v) is 6.22. The van der Waals surface area contributed by atoms with Gasteiger partial charge in [-0.1, -0.05) is 0 Å². The zero-order valence-electron chi connectivity index (χ0n) is 13.8. The second-order valence-corrected chi connectivity index (χ2v) is 8.10. The van der Waals surface area contributed by atoms with Gasteiger partial charge in [0.05, 0.1) is 11.2 Å². The quantitative estimate of drug-likeness (QED) is 0.909. The predicted molar refractivity (Wildman–Crippen MR) is 92.0 cm³/mol. The first kappa shape index (κ1) is 16.1. The van der Waals surface area contributed by atoms with Gasteiger partial charge in [0.2, 0.25) is 5.91 Å². The van der Waals surface area contributed by atoms with Gasteiger partial charge in [0.1, 0.15) is 6.10 Å². The number of hydrogen-bond acceptors (Lipinski definition) is 4. The molecule has 0 radical (unpaired) electrons. The van der Waals surface area contributed by atoms with Crippen LogP contribution in [0.15, 0.2) is 16.8 Å². The van der Waals surface area contributed by atoms with E-state index in [1.54, 1.807) is 11.3 Å². The third kappa shape index (κ3) is 3.35. The highest BCUT2D eigenvalue weighted by atomic mass is 32.1. The fourth-order valence-electron chi connectivity index (χ4n) is 3.73. The van der Waals surface area contributed by atoms with Gasteiger partial charge in [-0.15, -0.1) is 0 Å². The number of likely N-dealkylation sites (tertiary alicyclic amines) is 1. The summed E-state index contributed by atoms with van der Waals surface area (Å²) >= 11 is 1.55. The van der Waals surface area contributed by atoms with Crippen LogP contribution in [0, 0.1) is 5.92 Å². The number of ether oxygens (including phenoxy) is 1. The van der Waals surface area contributed by atoms with Crippen LogP contribution in [-0.4, -0.2) is 48.1 Å². The molecule has 4 rings (SSSR count). The monoisotopic (exact) mass is 348 g/mol. The summed E-state index contributed by atoms with van der Waals surface area (Å²) in [5.41, 5.74) is 0.577. The highest BCUT2D eigenvalue weighted by Gasteiger charge is 2.45. The Morgan fingerprint density at radius 1 is 1.25 bits per heavy atom. The Balaban J connectivity index is 1.29. The Bertz CT molecular complexity index is 604. The topological polar surface area (TPSA) is 58.6 Å². The Kier molecular flexibility index (Phi) is 4.35. The second-order valence-electron chi connectivity index (χ2n) is 7.32. The summed E-state index contributed by atoms with van der Waals surface area (Å²) in [6.45, 7) is 2.23. The number of amides is 2. The lowest BCUT2D eigenvalue weighted by atomic mass is 9.88. The molecule has 1 atom stereocenters. The van der Waals surface area contributed by atoms with Crippen LogP contribution in [0.3, 0.4) is 0 Å². The minimum atomic E-state index is -0.303. The summed E-state index contributed by atoms with van der Waals surface area (Å²) in [6.07, 6.45) is 5.56. The maximum atomic E-state index is 12.4. The van der Waals surface area contributed by atoms with Gasteiger partial charge < -0.3 is 15.0 Å². The number of carbonyl (C=O) groups excluding carboxylic acids is 2. The van der Waals surface area contributed by atoms with Crippen molar-refractivity contribution in [1.29, 1.82) is 0 Å². The van der Waals surface area contributed by atoms with Crippen molar-refractivity contribution in [2.75, 3.05) is 19.6 Å². The van der Waals surface area contributed by atoms with E-state index in [-0.39, 0.29) is 23.5 Å². The number of carbonyl (C=O) groups is 2. The van der Waals surface area contributed by atoms with Crippen molar-refractivity contribution >= 4 is 23.2 Å². The average Bonchev–Trinajstić information content (AvgIpc) is 3.09. The Labute approximate surface area is 146 Å². The molecule has 24 heavy (non-hydrogen) atoms. The molecule has 2 saturated heterocycles. The highest BCUT2D eigenvalue weighted by Crippen LogP contribution is 2.39. The first-order valence-electron chi connectivity index (χ1n) is 8.92. The molecule has 1 saturated carbocycles. The molecule has 0 aromatic carbocycles. The van der Waals surface area contributed by atoms with E-state index < -0.39 is 0 Å². The van der Waals surface area contributed by atoms with Crippen LogP contribution in [0.25, 0.3) is 0 Å². The lowest BCUT2D eigenvalue weighted by Crippen LogP contribution is -2.47. The zero-order chi connectivity index (χ0) is 16.6. The summed E-state index contributed by atoms with van der Waals surface area (Å²) < 4.78 is 6.18. The summed E-state index contributed by atoms with van der Waals surface area (Å²) in [7, 11) is 0. The molecule has 0 bridgehead atoms. The fraction of sp³-hybridized carbons (Fsp3) is 0.667. The number of rotatable bonds is 4. The minimum absolute atomic E-state index is 0.0514. The second kappa shape index (κ2) is 6.48. The minimum Gasteiger partial charge on any atom is -0.362 e. The van der Waals surface area contributed by atoms with E-state index in [1.165, 1.54) is 12.8 Å². The van der Waals surface area contributed by atoms with Crippen LogP contribution in [0.5, 0.6) is 0 Å². The molecule has 1 aromatic heterocycles. The number of piperidine rings is 1. The van der Waals surface area contributed by atoms with E-state index in [0.717, 1.165) is 37.8 Å². The highest BCUT2D eigenvalue weighted by molar-refractivity contribution is 7.08. The molecule has 1 spiro atoms. The fourth-order valence-corrected chi connectivity index (χ4v) is 4.36. The molecular formula is C18H24N2O3S. The third-order valence-electron chi connectivity index (χ3n) is 5.54. The molecule has 2 amide bonds. The molecular weight excluding hydrogens is 324 g/mol. The first-order valence-corrected chi connectivity index (χ1v) is 9.86. The van der Waals surface area contributed by atoms with Crippen LogP contribution in [0.1, 0.15) is 48.9 Å². The van der Waals surface area contributed by atoms with E-state index in [1.807, 2.05) is 21.7 Å². The van der Waals surface area contributed by atoms with Crippen molar-refractivity contribution in [3.63, 3.8) is 0 Å². The molecule has 3 heterocycles. The lowest BCUT2D eigenvalue weighted by molar-refractivity contribution is -0.140. The Hall–Kier alpha value is -1.40. The molecule has 1 aromatic rings. The maximum Gasteiger partial charge on any atom is 0.254 e. The van der Waals surface area contributed by atoms with Gasteiger partial charge in [-0.05, 0) is 55.9 Å². The van der Waals surface area contributed by atoms with E-state index in [2.05, 4.69) is 5.32 Å². The SMILES string of the molecule is O=C(NCC1CC1)[C@@H]1CCC2(CCN(C(=O)c3ccsc3)CC2)O1. The number of thiophene rings is 1. The number of nitrogens with one attached hydrogen (secondary N) is 1. The van der Waals surface area contributed by atoms with Crippen molar-refractivity contribution in [3.8, 4) is 0 Å². The standard InChI is InChI=1S/C18H24N2O3S/c21-16(19-11-13-1-2-13)15-3-5-18(23-15)6-8-20(9-7-18)17(22)14-4-10-24-12-14/h4,10,12-13,15H,1-3,5-9,11H2,(H,19,21)/t15-/m0/s1. The Morgan fingerprint density at radius 2 is 2.04 bits per heavy atom. The average molecular weight is 348 g/mol. The zero-order valence-corrected chi connectivity index (χ0v) is 14.6. The summed E-state index contributed by atoms with van der Waals surface area (Å²) in [5, 5.41) is 6.86. The van der Waals surface area contributed by atoms with E-state index in [0.29, 0.717) is 19.0 Å². The van der Waals surface area contributed by atoms with Crippen LogP contribution >= 0.6 is 11.3 Å². The molecule has 6 heteroatoms. The normalized spacial score (nSPS) is 25.8. The van der Waals surface area contributed by atoms with Gasteiger partial charge in [0.25, 0.3) is 5.91 Å². The van der Waals surface area contributed by atoms with Crippen molar-refractivity contribution in [2.45, 2.75) is 50.2 Å².